The van der Waals surface area contributed by atoms with Crippen LogP contribution in [-0.2, 0) is 4.79 Å². The minimum absolute atomic E-state index is 0.165. The predicted octanol–water partition coefficient (Wildman–Crippen LogP) is 3.45. The number of carbonyl (C=O) groups is 1. The highest BCUT2D eigenvalue weighted by Crippen LogP contribution is 2.12. The van der Waals surface area contributed by atoms with Gasteiger partial charge in [-0.05, 0) is 48.4 Å². The molecule has 0 fully saturated rings. The van der Waals surface area contributed by atoms with E-state index in [0.717, 1.165) is 36.4 Å². The molecule has 0 aliphatic carbocycles. The molecule has 132 valence electrons. The second kappa shape index (κ2) is 10.1. The predicted molar refractivity (Wildman–Crippen MR) is 102 cm³/mol. The molecule has 5 heteroatoms. The van der Waals surface area contributed by atoms with Crippen LogP contribution < -0.4 is 15.1 Å². The Hall–Kier alpha value is -2.82. The van der Waals surface area contributed by atoms with Gasteiger partial charge < -0.3 is 9.64 Å². The second-order valence-electron chi connectivity index (χ2n) is 5.76. The number of rotatable bonds is 9. The minimum atomic E-state index is -0.165. The Morgan fingerprint density at radius 2 is 1.88 bits per heavy atom. The number of likely N-dealkylation sites (N-methyl/N-ethyl adjacent to an activating group) is 1. The number of benzene rings is 2. The van der Waals surface area contributed by atoms with Crippen LogP contribution in [0.25, 0.3) is 0 Å². The summed E-state index contributed by atoms with van der Waals surface area (Å²) in [6.07, 6.45) is 3.78. The molecule has 0 radical (unpaired) electrons. The largest absolute Gasteiger partial charge is 0.494 e. The minimum Gasteiger partial charge on any atom is -0.494 e. The van der Waals surface area contributed by atoms with Crippen LogP contribution in [0.2, 0.25) is 0 Å². The van der Waals surface area contributed by atoms with Crippen molar-refractivity contribution in [2.24, 2.45) is 5.10 Å². The van der Waals surface area contributed by atoms with E-state index in [2.05, 4.69) is 17.5 Å². The standard InChI is InChI=1S/C20H25N3O2/c1-3-4-14-25-19-12-10-17(11-13-19)15-21-22-20(24)16-23(2)18-8-6-5-7-9-18/h5-13,15H,3-4,14,16H2,1-2H3,(H,22,24)/b21-15+. The van der Waals surface area contributed by atoms with Gasteiger partial charge in [0.05, 0.1) is 19.4 Å². The fraction of sp³-hybridized carbons (Fsp3) is 0.300. The third kappa shape index (κ3) is 6.67. The number of anilines is 1. The normalized spacial score (nSPS) is 10.6. The molecule has 0 spiro atoms. The summed E-state index contributed by atoms with van der Waals surface area (Å²) in [4.78, 5) is 13.8. The zero-order chi connectivity index (χ0) is 17.9. The van der Waals surface area contributed by atoms with Gasteiger partial charge in [-0.3, -0.25) is 4.79 Å². The van der Waals surface area contributed by atoms with Crippen LogP contribution in [0.4, 0.5) is 5.69 Å². The first-order valence-corrected chi connectivity index (χ1v) is 8.50. The number of unbranched alkanes of at least 4 members (excludes halogenated alkanes) is 1. The first-order chi connectivity index (χ1) is 12.2. The average Bonchev–Trinajstić information content (AvgIpc) is 2.64. The second-order valence-corrected chi connectivity index (χ2v) is 5.76. The Kier molecular flexibility index (Phi) is 7.50. The summed E-state index contributed by atoms with van der Waals surface area (Å²) in [5.41, 5.74) is 4.43. The molecular weight excluding hydrogens is 314 g/mol. The Bertz CT molecular complexity index is 669. The van der Waals surface area contributed by atoms with E-state index in [0.29, 0.717) is 0 Å². The van der Waals surface area contributed by atoms with Crippen LogP contribution in [-0.4, -0.2) is 32.3 Å². The maximum absolute atomic E-state index is 11.9. The molecule has 1 amide bonds. The number of para-hydroxylation sites is 1. The van der Waals surface area contributed by atoms with Gasteiger partial charge in [-0.15, -0.1) is 0 Å². The first kappa shape index (κ1) is 18.5. The quantitative estimate of drug-likeness (QED) is 0.432. The number of nitrogens with one attached hydrogen (secondary N) is 1. The number of amides is 1. The summed E-state index contributed by atoms with van der Waals surface area (Å²) < 4.78 is 5.61. The Morgan fingerprint density at radius 1 is 1.16 bits per heavy atom. The summed E-state index contributed by atoms with van der Waals surface area (Å²) in [6.45, 7) is 3.11. The highest BCUT2D eigenvalue weighted by molar-refractivity contribution is 5.84. The molecule has 0 aliphatic heterocycles. The van der Waals surface area contributed by atoms with E-state index in [9.17, 15) is 4.79 Å². The van der Waals surface area contributed by atoms with Gasteiger partial charge in [0.25, 0.3) is 5.91 Å². The van der Waals surface area contributed by atoms with Crippen molar-refractivity contribution in [3.63, 3.8) is 0 Å². The van der Waals surface area contributed by atoms with Gasteiger partial charge >= 0.3 is 0 Å². The van der Waals surface area contributed by atoms with Gasteiger partial charge in [0.1, 0.15) is 5.75 Å². The first-order valence-electron chi connectivity index (χ1n) is 8.50. The Morgan fingerprint density at radius 3 is 2.56 bits per heavy atom. The number of hydrazone groups is 1. The number of carbonyl (C=O) groups excluding carboxylic acids is 1. The monoisotopic (exact) mass is 339 g/mol. The van der Waals surface area contributed by atoms with Crippen LogP contribution >= 0.6 is 0 Å². The molecule has 1 N–H and O–H groups in total. The molecule has 0 atom stereocenters. The number of ether oxygens (including phenoxy) is 1. The number of nitrogens with zero attached hydrogens (tertiary/aromatic N) is 2. The summed E-state index contributed by atoms with van der Waals surface area (Å²) in [5, 5.41) is 4.00. The molecule has 2 aromatic rings. The van der Waals surface area contributed by atoms with Gasteiger partial charge in [-0.2, -0.15) is 5.10 Å². The van der Waals surface area contributed by atoms with Crippen LogP contribution in [0.3, 0.4) is 0 Å². The SMILES string of the molecule is CCCCOc1ccc(/C=N/NC(=O)CN(C)c2ccccc2)cc1. The van der Waals surface area contributed by atoms with E-state index in [1.165, 1.54) is 0 Å². The zero-order valence-electron chi connectivity index (χ0n) is 14.8. The third-order valence-electron chi connectivity index (χ3n) is 3.63. The molecular formula is C20H25N3O2. The number of hydrogen-bond acceptors (Lipinski definition) is 4. The van der Waals surface area contributed by atoms with Crippen LogP contribution in [0.5, 0.6) is 5.75 Å². The molecule has 0 bridgehead atoms. The van der Waals surface area contributed by atoms with Crippen molar-refractivity contribution in [2.75, 3.05) is 25.1 Å². The van der Waals surface area contributed by atoms with E-state index in [1.54, 1.807) is 6.21 Å². The molecule has 0 heterocycles. The van der Waals surface area contributed by atoms with Crippen molar-refractivity contribution in [1.29, 1.82) is 0 Å². The van der Waals surface area contributed by atoms with Gasteiger partial charge in [0.2, 0.25) is 0 Å². The molecule has 25 heavy (non-hydrogen) atoms. The van der Waals surface area contributed by atoms with Gasteiger partial charge in [-0.25, -0.2) is 5.43 Å². The van der Waals surface area contributed by atoms with E-state index in [1.807, 2.05) is 66.5 Å². The van der Waals surface area contributed by atoms with E-state index < -0.39 is 0 Å². The summed E-state index contributed by atoms with van der Waals surface area (Å²) in [6, 6.07) is 17.4. The lowest BCUT2D eigenvalue weighted by atomic mass is 10.2. The van der Waals surface area contributed by atoms with Gasteiger partial charge in [0.15, 0.2) is 0 Å². The summed E-state index contributed by atoms with van der Waals surface area (Å²) >= 11 is 0. The lowest BCUT2D eigenvalue weighted by Crippen LogP contribution is -2.32. The van der Waals surface area contributed by atoms with Crippen molar-refractivity contribution in [3.8, 4) is 5.75 Å². The lowest BCUT2D eigenvalue weighted by molar-refractivity contribution is -0.119. The molecule has 0 unspecified atom stereocenters. The van der Waals surface area contributed by atoms with Gasteiger partial charge in [-0.1, -0.05) is 31.5 Å². The van der Waals surface area contributed by atoms with E-state index in [-0.39, 0.29) is 12.5 Å². The topological polar surface area (TPSA) is 53.9 Å². The average molecular weight is 339 g/mol. The van der Waals surface area contributed by atoms with Crippen molar-refractivity contribution < 1.29 is 9.53 Å². The highest BCUT2D eigenvalue weighted by atomic mass is 16.5. The molecule has 2 rings (SSSR count). The van der Waals surface area contributed by atoms with Crippen molar-refractivity contribution in [1.82, 2.24) is 5.43 Å². The molecule has 5 nitrogen and oxygen atoms in total. The van der Waals surface area contributed by atoms with Crippen molar-refractivity contribution in [3.05, 3.63) is 60.2 Å². The molecule has 2 aromatic carbocycles. The maximum Gasteiger partial charge on any atom is 0.259 e. The molecule has 0 aliphatic rings. The smallest absolute Gasteiger partial charge is 0.259 e. The van der Waals surface area contributed by atoms with E-state index >= 15 is 0 Å². The Balaban J connectivity index is 1.77. The van der Waals surface area contributed by atoms with Crippen LogP contribution in [0.1, 0.15) is 25.3 Å². The molecule has 0 saturated heterocycles. The van der Waals surface area contributed by atoms with Crippen LogP contribution in [0.15, 0.2) is 59.7 Å². The fourth-order valence-corrected chi connectivity index (χ4v) is 2.19. The maximum atomic E-state index is 11.9. The zero-order valence-corrected chi connectivity index (χ0v) is 14.8. The Labute approximate surface area is 149 Å². The van der Waals surface area contributed by atoms with Gasteiger partial charge in [0, 0.05) is 12.7 Å². The number of hydrogen-bond donors (Lipinski definition) is 1. The molecule has 0 saturated carbocycles. The fourth-order valence-electron chi connectivity index (χ4n) is 2.19. The van der Waals surface area contributed by atoms with Crippen LogP contribution in [0, 0.1) is 0 Å². The van der Waals surface area contributed by atoms with Crippen molar-refractivity contribution in [2.45, 2.75) is 19.8 Å². The van der Waals surface area contributed by atoms with E-state index in [4.69, 9.17) is 4.74 Å². The third-order valence-corrected chi connectivity index (χ3v) is 3.63. The summed E-state index contributed by atoms with van der Waals surface area (Å²) in [7, 11) is 1.87. The lowest BCUT2D eigenvalue weighted by Gasteiger charge is -2.17. The van der Waals surface area contributed by atoms with Crippen molar-refractivity contribution >= 4 is 17.8 Å². The molecule has 0 aromatic heterocycles. The highest BCUT2D eigenvalue weighted by Gasteiger charge is 2.05. The summed E-state index contributed by atoms with van der Waals surface area (Å²) in [5.74, 6) is 0.682.